The third-order valence-electron chi connectivity index (χ3n) is 8.84. The number of halogens is 2. The Hall–Kier alpha value is -4.15. The Morgan fingerprint density at radius 2 is 1.52 bits per heavy atom. The van der Waals surface area contributed by atoms with Gasteiger partial charge in [-0.1, -0.05) is 61.9 Å². The van der Waals surface area contributed by atoms with E-state index in [2.05, 4.69) is 6.92 Å². The fraction of sp³-hybridized carbons (Fsp3) is 0.405. The van der Waals surface area contributed by atoms with Crippen LogP contribution in [-0.4, -0.2) is 71.1 Å². The average molecular weight is 737 g/mol. The zero-order valence-electron chi connectivity index (χ0n) is 30.9. The van der Waals surface area contributed by atoms with Crippen LogP contribution in [0.4, 0.5) is 4.39 Å². The average Bonchev–Trinajstić information content (AvgIpc) is 3.15. The minimum atomic E-state index is -0.318. The Morgan fingerprint density at radius 1 is 0.808 bits per heavy atom. The van der Waals surface area contributed by atoms with Gasteiger partial charge >= 0.3 is 0 Å². The highest BCUT2D eigenvalue weighted by atomic mass is 35.5. The lowest BCUT2D eigenvalue weighted by Crippen LogP contribution is -2.44. The molecule has 0 fully saturated rings. The van der Waals surface area contributed by atoms with Crippen LogP contribution in [-0.2, 0) is 40.1 Å². The van der Waals surface area contributed by atoms with Crippen LogP contribution in [0.5, 0.6) is 17.2 Å². The third-order valence-corrected chi connectivity index (χ3v) is 8.84. The van der Waals surface area contributed by atoms with E-state index in [1.807, 2.05) is 73.8 Å². The van der Waals surface area contributed by atoms with Gasteiger partial charge in [-0.2, -0.15) is 0 Å². The molecule has 10 heteroatoms. The monoisotopic (exact) mass is 736 g/mol. The molecule has 0 unspecified atom stereocenters. The molecule has 8 nitrogen and oxygen atoms in total. The molecule has 0 radical (unpaired) electrons. The van der Waals surface area contributed by atoms with Crippen molar-refractivity contribution in [2.75, 3.05) is 54.2 Å². The lowest BCUT2D eigenvalue weighted by Gasteiger charge is -2.28. The molecule has 1 amide bonds. The van der Waals surface area contributed by atoms with E-state index in [1.165, 1.54) is 6.07 Å². The van der Waals surface area contributed by atoms with E-state index < -0.39 is 0 Å². The Bertz CT molecular complexity index is 1650. The summed E-state index contributed by atoms with van der Waals surface area (Å²) in [5.74, 6) is 1.80. The maximum atomic E-state index is 15.0. The summed E-state index contributed by atoms with van der Waals surface area (Å²) in [6, 6.07) is 26.2. The topological polar surface area (TPSA) is 92.5 Å². The molecule has 4 aromatic rings. The van der Waals surface area contributed by atoms with Gasteiger partial charge in [0.15, 0.2) is 0 Å². The van der Waals surface area contributed by atoms with E-state index in [0.29, 0.717) is 69.3 Å². The first-order valence-corrected chi connectivity index (χ1v) is 17.8. The van der Waals surface area contributed by atoms with E-state index in [1.54, 1.807) is 31.3 Å². The molecule has 0 heterocycles. The number of carbonyl (C=O) groups is 1. The van der Waals surface area contributed by atoms with Gasteiger partial charge < -0.3 is 34.3 Å². The van der Waals surface area contributed by atoms with Gasteiger partial charge in [0.25, 0.3) is 0 Å². The van der Waals surface area contributed by atoms with Crippen LogP contribution in [0.3, 0.4) is 0 Å². The molecular weight excluding hydrogens is 683 g/mol. The van der Waals surface area contributed by atoms with Crippen LogP contribution in [0.25, 0.3) is 11.1 Å². The number of methoxy groups -OCH3 is 2. The van der Waals surface area contributed by atoms with Crippen LogP contribution in [0, 0.1) is 5.82 Å². The molecule has 1 atom stereocenters. The quantitative estimate of drug-likeness (QED) is 0.0822. The predicted molar refractivity (Wildman–Crippen MR) is 207 cm³/mol. The van der Waals surface area contributed by atoms with Gasteiger partial charge in [0.2, 0.25) is 5.91 Å². The molecule has 0 aromatic heterocycles. The van der Waals surface area contributed by atoms with Crippen LogP contribution in [0.1, 0.15) is 48.4 Å². The number of rotatable bonds is 22. The fourth-order valence-electron chi connectivity index (χ4n) is 5.95. The second-order valence-electron chi connectivity index (χ2n) is 12.5. The number of hydrogen-bond acceptors (Lipinski definition) is 7. The lowest BCUT2D eigenvalue weighted by molar-refractivity contribution is -0.131. The number of benzene rings is 4. The summed E-state index contributed by atoms with van der Waals surface area (Å²) >= 11 is 0. The van der Waals surface area contributed by atoms with Crippen molar-refractivity contribution >= 4 is 18.3 Å². The number of carbonyl (C=O) groups excluding carboxylic acids is 1. The number of ether oxygens (including phenoxy) is 5. The highest BCUT2D eigenvalue weighted by molar-refractivity contribution is 5.85. The maximum absolute atomic E-state index is 15.0. The van der Waals surface area contributed by atoms with Gasteiger partial charge in [0.1, 0.15) is 23.1 Å². The largest absolute Gasteiger partial charge is 0.496 e. The minimum absolute atomic E-state index is 0. The van der Waals surface area contributed by atoms with Crippen molar-refractivity contribution in [3.8, 4) is 28.4 Å². The lowest BCUT2D eigenvalue weighted by atomic mass is 9.93. The Labute approximate surface area is 314 Å². The van der Waals surface area contributed by atoms with Crippen LogP contribution < -0.4 is 19.9 Å². The summed E-state index contributed by atoms with van der Waals surface area (Å²) < 4.78 is 43.4. The van der Waals surface area contributed by atoms with Gasteiger partial charge in [-0.25, -0.2) is 4.39 Å². The number of likely N-dealkylation sites (N-methyl/N-ethyl adjacent to an activating group) is 1. The van der Waals surface area contributed by atoms with Gasteiger partial charge in [-0.3, -0.25) is 4.79 Å². The standard InChI is InChI=1S/C42H53FN2O6.ClH/c1-5-12-32-26-38(37-14-7-8-15-39(37)43)41(51-24-10-21-47-3)27-34(32)28-42(46)45(2)35(29-44)25-31-17-19-36(20-18-31)50-23-11-22-49-30-33-13-6-9-16-40(33)48-4;/h6-9,13-20,26-27,35H,5,10-12,21-25,28-30,44H2,1-4H3;1H/t35-;/m1./s1. The number of amides is 1. The summed E-state index contributed by atoms with van der Waals surface area (Å²) in [4.78, 5) is 15.5. The summed E-state index contributed by atoms with van der Waals surface area (Å²) in [6.07, 6.45) is 3.87. The Kier molecular flexibility index (Phi) is 18.5. The molecule has 4 rings (SSSR count). The molecule has 0 aliphatic carbocycles. The van der Waals surface area contributed by atoms with Crippen molar-refractivity contribution in [3.05, 3.63) is 113 Å². The molecule has 0 saturated heterocycles. The van der Waals surface area contributed by atoms with E-state index >= 15 is 0 Å². The third kappa shape index (κ3) is 12.5. The molecule has 282 valence electrons. The first-order valence-electron chi connectivity index (χ1n) is 17.8. The molecule has 2 N–H and O–H groups in total. The van der Waals surface area contributed by atoms with Crippen LogP contribution >= 0.6 is 12.4 Å². The van der Waals surface area contributed by atoms with E-state index in [4.69, 9.17) is 29.4 Å². The van der Waals surface area contributed by atoms with Gasteiger partial charge in [0.05, 0.1) is 40.0 Å². The Morgan fingerprint density at radius 3 is 2.23 bits per heavy atom. The smallest absolute Gasteiger partial charge is 0.227 e. The zero-order valence-corrected chi connectivity index (χ0v) is 31.7. The molecule has 0 saturated carbocycles. The highest BCUT2D eigenvalue weighted by Crippen LogP contribution is 2.36. The molecule has 52 heavy (non-hydrogen) atoms. The first kappa shape index (κ1) is 42.3. The summed E-state index contributed by atoms with van der Waals surface area (Å²) in [6.45, 7) is 4.98. The molecular formula is C42H54ClFN2O6. The van der Waals surface area contributed by atoms with E-state index in [-0.39, 0.29) is 36.6 Å². The van der Waals surface area contributed by atoms with Crippen molar-refractivity contribution in [2.45, 2.75) is 58.1 Å². The molecule has 0 spiro atoms. The van der Waals surface area contributed by atoms with E-state index in [0.717, 1.165) is 53.0 Å². The van der Waals surface area contributed by atoms with Crippen LogP contribution in [0.2, 0.25) is 0 Å². The van der Waals surface area contributed by atoms with Crippen LogP contribution in [0.15, 0.2) is 84.9 Å². The number of hydrogen-bond donors (Lipinski definition) is 1. The predicted octanol–water partition coefficient (Wildman–Crippen LogP) is 7.85. The number of aryl methyl sites for hydroxylation is 1. The highest BCUT2D eigenvalue weighted by Gasteiger charge is 2.22. The normalized spacial score (nSPS) is 11.4. The molecule has 0 aliphatic heterocycles. The molecule has 0 aliphatic rings. The second kappa shape index (κ2) is 22.7. The number of nitrogens with two attached hydrogens (primary N) is 1. The molecule has 0 bridgehead atoms. The minimum Gasteiger partial charge on any atom is -0.496 e. The van der Waals surface area contributed by atoms with Crippen molar-refractivity contribution < 1.29 is 32.9 Å². The number of para-hydroxylation sites is 1. The van der Waals surface area contributed by atoms with E-state index in [9.17, 15) is 9.18 Å². The van der Waals surface area contributed by atoms with Crippen molar-refractivity contribution in [3.63, 3.8) is 0 Å². The molecule has 4 aromatic carbocycles. The van der Waals surface area contributed by atoms with Crippen molar-refractivity contribution in [1.29, 1.82) is 0 Å². The summed E-state index contributed by atoms with van der Waals surface area (Å²) in [5.41, 5.74) is 11.3. The van der Waals surface area contributed by atoms with Gasteiger partial charge in [-0.05, 0) is 65.9 Å². The van der Waals surface area contributed by atoms with Crippen molar-refractivity contribution in [2.24, 2.45) is 5.73 Å². The number of nitrogens with zero attached hydrogens (tertiary/aromatic N) is 1. The van der Waals surface area contributed by atoms with Crippen molar-refractivity contribution in [1.82, 2.24) is 4.90 Å². The van der Waals surface area contributed by atoms with Gasteiger partial charge in [-0.15, -0.1) is 12.4 Å². The van der Waals surface area contributed by atoms with Gasteiger partial charge in [0, 0.05) is 62.9 Å². The first-order chi connectivity index (χ1) is 24.9. The maximum Gasteiger partial charge on any atom is 0.227 e. The summed E-state index contributed by atoms with van der Waals surface area (Å²) in [7, 11) is 5.11. The zero-order chi connectivity index (χ0) is 36.4. The second-order valence-corrected chi connectivity index (χ2v) is 12.5. The fourth-order valence-corrected chi connectivity index (χ4v) is 5.95. The SMILES string of the molecule is CCCc1cc(-c2ccccc2F)c(OCCCOC)cc1CC(=O)N(C)[C@@H](CN)Cc1ccc(OCCCOCc2ccccc2OC)cc1.Cl. The Balaban J connectivity index is 0.00000729. The summed E-state index contributed by atoms with van der Waals surface area (Å²) in [5, 5.41) is 0.